The van der Waals surface area contributed by atoms with Crippen LogP contribution in [0.5, 0.6) is 5.75 Å². The van der Waals surface area contributed by atoms with Crippen LogP contribution < -0.4 is 20.3 Å². The molecule has 3 rings (SSSR count). The van der Waals surface area contributed by atoms with Crippen LogP contribution >= 0.6 is 0 Å². The zero-order valence-electron chi connectivity index (χ0n) is 17.1. The number of amides is 2. The molecule has 2 amide bonds. The molecule has 0 saturated carbocycles. The number of carbonyl (C=O) groups is 2. The highest BCUT2D eigenvalue weighted by Gasteiger charge is 2.16. The second-order valence-corrected chi connectivity index (χ2v) is 7.44. The van der Waals surface area contributed by atoms with E-state index in [1.165, 1.54) is 0 Å². The number of benzene rings is 2. The fourth-order valence-corrected chi connectivity index (χ4v) is 3.08. The van der Waals surface area contributed by atoms with Crippen LogP contribution in [0.25, 0.3) is 0 Å². The summed E-state index contributed by atoms with van der Waals surface area (Å²) in [5.74, 6) is -0.714. The lowest BCUT2D eigenvalue weighted by atomic mass is 10.2. The van der Waals surface area contributed by atoms with Gasteiger partial charge in [0.1, 0.15) is 5.75 Å². The molecule has 0 spiro atoms. The van der Waals surface area contributed by atoms with Gasteiger partial charge in [-0.1, -0.05) is 0 Å². The van der Waals surface area contributed by atoms with Gasteiger partial charge in [0.25, 0.3) is 0 Å². The van der Waals surface area contributed by atoms with Crippen molar-refractivity contribution in [2.24, 2.45) is 0 Å². The number of carbonyl (C=O) groups excluding carboxylic acids is 2. The summed E-state index contributed by atoms with van der Waals surface area (Å²) in [7, 11) is 2.12. The number of piperazine rings is 1. The topological polar surface area (TPSA) is 73.9 Å². The molecule has 1 aliphatic heterocycles. The lowest BCUT2D eigenvalue weighted by Gasteiger charge is -2.34. The van der Waals surface area contributed by atoms with Gasteiger partial charge in [0.2, 0.25) is 0 Å². The highest BCUT2D eigenvalue weighted by molar-refractivity contribution is 6.43. The number of anilines is 3. The number of likely N-dealkylation sites (N-methyl/N-ethyl adjacent to an activating group) is 1. The first-order valence-corrected chi connectivity index (χ1v) is 9.83. The van der Waals surface area contributed by atoms with Crippen molar-refractivity contribution in [3.05, 3.63) is 48.5 Å². The van der Waals surface area contributed by atoms with Gasteiger partial charge >= 0.3 is 11.8 Å². The van der Waals surface area contributed by atoms with Gasteiger partial charge in [-0.2, -0.15) is 0 Å². The van der Waals surface area contributed by atoms with E-state index in [1.807, 2.05) is 38.1 Å². The van der Waals surface area contributed by atoms with Gasteiger partial charge < -0.3 is 25.2 Å². The Morgan fingerprint density at radius 2 is 1.31 bits per heavy atom. The van der Waals surface area contributed by atoms with E-state index in [1.54, 1.807) is 24.3 Å². The lowest BCUT2D eigenvalue weighted by molar-refractivity contribution is -0.132. The van der Waals surface area contributed by atoms with Gasteiger partial charge in [-0.25, -0.2) is 0 Å². The first-order valence-electron chi connectivity index (χ1n) is 9.83. The minimum absolute atomic E-state index is 0.0730. The molecule has 0 aliphatic carbocycles. The van der Waals surface area contributed by atoms with Crippen LogP contribution in [0, 0.1) is 0 Å². The van der Waals surface area contributed by atoms with Crippen molar-refractivity contribution in [3.63, 3.8) is 0 Å². The maximum Gasteiger partial charge on any atom is 0.314 e. The number of hydrogen-bond acceptors (Lipinski definition) is 5. The number of nitrogens with zero attached hydrogens (tertiary/aromatic N) is 2. The third-order valence-corrected chi connectivity index (χ3v) is 4.68. The maximum absolute atomic E-state index is 12.2. The van der Waals surface area contributed by atoms with Crippen LogP contribution in [0.15, 0.2) is 48.5 Å². The molecular formula is C22H28N4O3. The summed E-state index contributed by atoms with van der Waals surface area (Å²) >= 11 is 0. The first-order chi connectivity index (χ1) is 13.9. The van der Waals surface area contributed by atoms with E-state index in [-0.39, 0.29) is 6.10 Å². The van der Waals surface area contributed by atoms with Crippen molar-refractivity contribution in [1.82, 2.24) is 4.90 Å². The molecule has 2 N–H and O–H groups in total. The highest BCUT2D eigenvalue weighted by Crippen LogP contribution is 2.20. The van der Waals surface area contributed by atoms with Gasteiger partial charge in [0, 0.05) is 43.2 Å². The number of ether oxygens (including phenoxy) is 1. The summed E-state index contributed by atoms with van der Waals surface area (Å²) < 4.78 is 5.56. The van der Waals surface area contributed by atoms with E-state index >= 15 is 0 Å². The van der Waals surface area contributed by atoms with E-state index in [2.05, 4.69) is 27.5 Å². The van der Waals surface area contributed by atoms with Crippen LogP contribution in [0.1, 0.15) is 13.8 Å². The van der Waals surface area contributed by atoms with Crippen molar-refractivity contribution in [1.29, 1.82) is 0 Å². The van der Waals surface area contributed by atoms with Crippen LogP contribution in [0.3, 0.4) is 0 Å². The minimum Gasteiger partial charge on any atom is -0.491 e. The van der Waals surface area contributed by atoms with Crippen LogP contribution in [0.4, 0.5) is 17.1 Å². The zero-order chi connectivity index (χ0) is 20.8. The van der Waals surface area contributed by atoms with E-state index < -0.39 is 11.8 Å². The molecule has 154 valence electrons. The Morgan fingerprint density at radius 1 is 0.828 bits per heavy atom. The summed E-state index contributed by atoms with van der Waals surface area (Å²) in [6.45, 7) is 7.90. The molecule has 1 aliphatic rings. The second kappa shape index (κ2) is 9.43. The maximum atomic E-state index is 12.2. The molecule has 0 unspecified atom stereocenters. The second-order valence-electron chi connectivity index (χ2n) is 7.44. The standard InChI is InChI=1S/C22H28N4O3/c1-16(2)29-20-10-6-18(7-11-20)24-22(28)21(27)23-17-4-8-19(9-5-17)26-14-12-25(3)13-15-26/h4-11,16H,12-15H2,1-3H3,(H,23,27)(H,24,28). The quantitative estimate of drug-likeness (QED) is 0.761. The van der Waals surface area contributed by atoms with Crippen molar-refractivity contribution in [3.8, 4) is 5.75 Å². The smallest absolute Gasteiger partial charge is 0.314 e. The fourth-order valence-electron chi connectivity index (χ4n) is 3.08. The predicted octanol–water partition coefficient (Wildman–Crippen LogP) is 2.80. The number of rotatable bonds is 5. The average Bonchev–Trinajstić information content (AvgIpc) is 2.70. The third-order valence-electron chi connectivity index (χ3n) is 4.68. The van der Waals surface area contributed by atoms with Gasteiger partial charge in [0.05, 0.1) is 6.10 Å². The van der Waals surface area contributed by atoms with E-state index in [4.69, 9.17) is 4.74 Å². The molecule has 7 heteroatoms. The van der Waals surface area contributed by atoms with Crippen LogP contribution in [-0.2, 0) is 9.59 Å². The molecule has 1 heterocycles. The first kappa shape index (κ1) is 20.7. The Kier molecular flexibility index (Phi) is 6.72. The number of hydrogen-bond donors (Lipinski definition) is 2. The van der Waals surface area contributed by atoms with Crippen LogP contribution in [0.2, 0.25) is 0 Å². The molecule has 0 bridgehead atoms. The van der Waals surface area contributed by atoms with Gasteiger partial charge in [-0.3, -0.25) is 9.59 Å². The molecular weight excluding hydrogens is 368 g/mol. The summed E-state index contributed by atoms with van der Waals surface area (Å²) in [5, 5.41) is 5.22. The Bertz CT molecular complexity index is 826. The molecule has 2 aromatic carbocycles. The minimum atomic E-state index is -0.717. The molecule has 0 radical (unpaired) electrons. The normalized spacial score (nSPS) is 14.6. The van der Waals surface area contributed by atoms with Crippen molar-refractivity contribution in [2.75, 3.05) is 48.8 Å². The number of nitrogens with one attached hydrogen (secondary N) is 2. The molecule has 1 saturated heterocycles. The van der Waals surface area contributed by atoms with Crippen LogP contribution in [-0.4, -0.2) is 56.0 Å². The van der Waals surface area contributed by atoms with Gasteiger partial charge in [0.15, 0.2) is 0 Å². The third kappa shape index (κ3) is 5.96. The van der Waals surface area contributed by atoms with E-state index in [0.717, 1.165) is 31.9 Å². The predicted molar refractivity (Wildman–Crippen MR) is 116 cm³/mol. The average molecular weight is 396 g/mol. The Hall–Kier alpha value is -3.06. The van der Waals surface area contributed by atoms with Gasteiger partial charge in [-0.05, 0) is 69.4 Å². The summed E-state index contributed by atoms with van der Waals surface area (Å²) in [6, 6.07) is 14.5. The van der Waals surface area contributed by atoms with Crippen molar-refractivity contribution in [2.45, 2.75) is 20.0 Å². The van der Waals surface area contributed by atoms with Crippen molar-refractivity contribution < 1.29 is 14.3 Å². The molecule has 29 heavy (non-hydrogen) atoms. The summed E-state index contributed by atoms with van der Waals surface area (Å²) in [6.07, 6.45) is 0.0730. The fraction of sp³-hybridized carbons (Fsp3) is 0.364. The highest BCUT2D eigenvalue weighted by atomic mass is 16.5. The Morgan fingerprint density at radius 3 is 1.79 bits per heavy atom. The Labute approximate surface area is 171 Å². The lowest BCUT2D eigenvalue weighted by Crippen LogP contribution is -2.44. The summed E-state index contributed by atoms with van der Waals surface area (Å²) in [4.78, 5) is 29.0. The zero-order valence-corrected chi connectivity index (χ0v) is 17.1. The SMILES string of the molecule is CC(C)Oc1ccc(NC(=O)C(=O)Nc2ccc(N3CCN(C)CC3)cc2)cc1. The van der Waals surface area contributed by atoms with E-state index in [9.17, 15) is 9.59 Å². The largest absolute Gasteiger partial charge is 0.491 e. The molecule has 1 fully saturated rings. The monoisotopic (exact) mass is 396 g/mol. The molecule has 7 nitrogen and oxygen atoms in total. The molecule has 0 atom stereocenters. The van der Waals surface area contributed by atoms with Crippen molar-refractivity contribution >= 4 is 28.9 Å². The van der Waals surface area contributed by atoms with Gasteiger partial charge in [-0.15, -0.1) is 0 Å². The molecule has 0 aromatic heterocycles. The summed E-state index contributed by atoms with van der Waals surface area (Å²) in [5.41, 5.74) is 2.24. The molecule has 2 aromatic rings. The van der Waals surface area contributed by atoms with E-state index in [0.29, 0.717) is 17.1 Å². The Balaban J connectivity index is 1.52.